The number of rotatable bonds is 4. The lowest BCUT2D eigenvalue weighted by Crippen LogP contribution is -2.29. The molecule has 25 heavy (non-hydrogen) atoms. The summed E-state index contributed by atoms with van der Waals surface area (Å²) in [4.78, 5) is 20.6. The van der Waals surface area contributed by atoms with Crippen LogP contribution in [0.4, 0.5) is 5.13 Å². The molecule has 0 fully saturated rings. The third-order valence-corrected chi connectivity index (χ3v) is 5.31. The highest BCUT2D eigenvalue weighted by Crippen LogP contribution is 2.29. The van der Waals surface area contributed by atoms with Crippen LogP contribution < -0.4 is 5.32 Å². The second-order valence-electron chi connectivity index (χ2n) is 6.16. The molecule has 0 aliphatic carbocycles. The fourth-order valence-corrected chi connectivity index (χ4v) is 4.08. The van der Waals surface area contributed by atoms with E-state index in [4.69, 9.17) is 0 Å². The van der Waals surface area contributed by atoms with Gasteiger partial charge >= 0.3 is 0 Å². The molecular formula is C20H19N3OS. The van der Waals surface area contributed by atoms with Gasteiger partial charge in [0, 0.05) is 36.5 Å². The Balaban J connectivity index is 1.43. The van der Waals surface area contributed by atoms with Crippen LogP contribution in [0.1, 0.15) is 26.5 Å². The van der Waals surface area contributed by atoms with Crippen LogP contribution in [-0.2, 0) is 19.5 Å². The molecule has 0 saturated heterocycles. The maximum Gasteiger partial charge on any atom is 0.257 e. The minimum absolute atomic E-state index is 0.104. The highest BCUT2D eigenvalue weighted by Gasteiger charge is 2.21. The SMILES string of the molecule is O=C(Nc1nc2c(s1)CN(Cc1ccccc1)CC2)c1ccccc1. The predicted octanol–water partition coefficient (Wildman–Crippen LogP) is 3.95. The molecule has 2 aromatic carbocycles. The average Bonchev–Trinajstić information content (AvgIpc) is 3.05. The Labute approximate surface area is 151 Å². The molecule has 0 atom stereocenters. The Morgan fingerprint density at radius 2 is 1.80 bits per heavy atom. The van der Waals surface area contributed by atoms with Crippen molar-refractivity contribution in [1.82, 2.24) is 9.88 Å². The molecule has 4 rings (SSSR count). The van der Waals surface area contributed by atoms with Crippen LogP contribution in [0.3, 0.4) is 0 Å². The summed E-state index contributed by atoms with van der Waals surface area (Å²) < 4.78 is 0. The minimum atomic E-state index is -0.104. The van der Waals surface area contributed by atoms with Gasteiger partial charge in [-0.1, -0.05) is 48.5 Å². The molecule has 126 valence electrons. The van der Waals surface area contributed by atoms with Gasteiger partial charge < -0.3 is 0 Å². The Morgan fingerprint density at radius 3 is 2.56 bits per heavy atom. The number of anilines is 1. The lowest BCUT2D eigenvalue weighted by molar-refractivity contribution is 0.102. The van der Waals surface area contributed by atoms with Crippen LogP contribution >= 0.6 is 11.3 Å². The van der Waals surface area contributed by atoms with Crippen molar-refractivity contribution in [3.8, 4) is 0 Å². The van der Waals surface area contributed by atoms with Crippen molar-refractivity contribution in [2.24, 2.45) is 0 Å². The van der Waals surface area contributed by atoms with E-state index in [1.807, 2.05) is 36.4 Å². The van der Waals surface area contributed by atoms with E-state index < -0.39 is 0 Å². The zero-order valence-electron chi connectivity index (χ0n) is 13.8. The fourth-order valence-electron chi connectivity index (χ4n) is 3.04. The highest BCUT2D eigenvalue weighted by atomic mass is 32.1. The molecule has 1 aliphatic heterocycles. The Bertz CT molecular complexity index is 861. The zero-order chi connectivity index (χ0) is 17.1. The number of amides is 1. The van der Waals surface area contributed by atoms with E-state index in [1.165, 1.54) is 10.4 Å². The largest absolute Gasteiger partial charge is 0.298 e. The number of aromatic nitrogens is 1. The molecule has 0 bridgehead atoms. The van der Waals surface area contributed by atoms with Gasteiger partial charge in [-0.05, 0) is 17.7 Å². The third-order valence-electron chi connectivity index (χ3n) is 4.32. The molecule has 0 unspecified atom stereocenters. The van der Waals surface area contributed by atoms with Gasteiger partial charge in [0.2, 0.25) is 0 Å². The monoisotopic (exact) mass is 349 g/mol. The number of benzene rings is 2. The molecule has 0 saturated carbocycles. The van der Waals surface area contributed by atoms with E-state index in [2.05, 4.69) is 39.5 Å². The standard InChI is InChI=1S/C20H19N3OS/c24-19(16-9-5-2-6-10-16)22-20-21-17-11-12-23(14-18(17)25-20)13-15-7-3-1-4-8-15/h1-10H,11-14H2,(H,21,22,24). The van der Waals surface area contributed by atoms with Crippen LogP contribution in [0.2, 0.25) is 0 Å². The van der Waals surface area contributed by atoms with Gasteiger partial charge in [-0.25, -0.2) is 4.98 Å². The summed E-state index contributed by atoms with van der Waals surface area (Å²) in [6.45, 7) is 2.84. The smallest absolute Gasteiger partial charge is 0.257 e. The molecule has 1 aliphatic rings. The van der Waals surface area contributed by atoms with Crippen molar-refractivity contribution < 1.29 is 4.79 Å². The summed E-state index contributed by atoms with van der Waals surface area (Å²) in [5, 5.41) is 3.62. The lowest BCUT2D eigenvalue weighted by atomic mass is 10.1. The van der Waals surface area contributed by atoms with E-state index in [9.17, 15) is 4.79 Å². The summed E-state index contributed by atoms with van der Waals surface area (Å²) in [7, 11) is 0. The quantitative estimate of drug-likeness (QED) is 0.776. The second kappa shape index (κ2) is 7.17. The third kappa shape index (κ3) is 3.78. The van der Waals surface area contributed by atoms with E-state index in [-0.39, 0.29) is 5.91 Å². The zero-order valence-corrected chi connectivity index (χ0v) is 14.6. The summed E-state index contributed by atoms with van der Waals surface area (Å²) in [6.07, 6.45) is 0.930. The number of nitrogens with one attached hydrogen (secondary N) is 1. The van der Waals surface area contributed by atoms with Crippen molar-refractivity contribution in [2.45, 2.75) is 19.5 Å². The maximum absolute atomic E-state index is 12.3. The van der Waals surface area contributed by atoms with Crippen molar-refractivity contribution in [2.75, 3.05) is 11.9 Å². The molecule has 1 amide bonds. The summed E-state index contributed by atoms with van der Waals surface area (Å²) in [5.74, 6) is -0.104. The van der Waals surface area contributed by atoms with E-state index in [0.29, 0.717) is 10.7 Å². The molecule has 3 aromatic rings. The van der Waals surface area contributed by atoms with E-state index in [0.717, 1.165) is 31.7 Å². The van der Waals surface area contributed by atoms with Gasteiger partial charge in [-0.2, -0.15) is 0 Å². The van der Waals surface area contributed by atoms with Crippen molar-refractivity contribution in [3.05, 3.63) is 82.4 Å². The molecule has 1 N–H and O–H groups in total. The predicted molar refractivity (Wildman–Crippen MR) is 101 cm³/mol. The van der Waals surface area contributed by atoms with Crippen LogP contribution in [-0.4, -0.2) is 22.3 Å². The number of hydrogen-bond donors (Lipinski definition) is 1. The van der Waals surface area contributed by atoms with Crippen molar-refractivity contribution in [3.63, 3.8) is 0 Å². The molecular weight excluding hydrogens is 330 g/mol. The summed E-state index contributed by atoms with van der Waals surface area (Å²) in [5.41, 5.74) is 3.10. The van der Waals surface area contributed by atoms with Crippen LogP contribution in [0.15, 0.2) is 60.7 Å². The second-order valence-corrected chi connectivity index (χ2v) is 7.24. The maximum atomic E-state index is 12.3. The first-order valence-corrected chi connectivity index (χ1v) is 9.21. The highest BCUT2D eigenvalue weighted by molar-refractivity contribution is 7.15. The first-order chi connectivity index (χ1) is 12.3. The first kappa shape index (κ1) is 16.0. The Hall–Kier alpha value is -2.50. The van der Waals surface area contributed by atoms with Gasteiger partial charge in [-0.15, -0.1) is 11.3 Å². The Kier molecular flexibility index (Phi) is 4.59. The van der Waals surface area contributed by atoms with Crippen LogP contribution in [0.5, 0.6) is 0 Å². The van der Waals surface area contributed by atoms with Crippen LogP contribution in [0, 0.1) is 0 Å². The number of fused-ring (bicyclic) bond motifs is 1. The molecule has 2 heterocycles. The molecule has 1 aromatic heterocycles. The normalized spacial score (nSPS) is 14.1. The van der Waals surface area contributed by atoms with Crippen LogP contribution in [0.25, 0.3) is 0 Å². The number of nitrogens with zero attached hydrogens (tertiary/aromatic N) is 2. The first-order valence-electron chi connectivity index (χ1n) is 8.39. The van der Waals surface area contributed by atoms with Gasteiger partial charge in [0.05, 0.1) is 5.69 Å². The summed E-state index contributed by atoms with van der Waals surface area (Å²) >= 11 is 1.59. The molecule has 0 radical (unpaired) electrons. The number of thiazole rings is 1. The van der Waals surface area contributed by atoms with Crippen molar-refractivity contribution in [1.29, 1.82) is 0 Å². The van der Waals surface area contributed by atoms with E-state index >= 15 is 0 Å². The van der Waals surface area contributed by atoms with Gasteiger partial charge in [0.25, 0.3) is 5.91 Å². The topological polar surface area (TPSA) is 45.2 Å². The molecule has 4 nitrogen and oxygen atoms in total. The van der Waals surface area contributed by atoms with Crippen molar-refractivity contribution >= 4 is 22.4 Å². The minimum Gasteiger partial charge on any atom is -0.298 e. The number of carbonyl (C=O) groups is 1. The fraction of sp³-hybridized carbons (Fsp3) is 0.200. The molecule has 0 spiro atoms. The van der Waals surface area contributed by atoms with Gasteiger partial charge in [0.1, 0.15) is 0 Å². The average molecular weight is 349 g/mol. The van der Waals surface area contributed by atoms with Gasteiger partial charge in [-0.3, -0.25) is 15.0 Å². The lowest BCUT2D eigenvalue weighted by Gasteiger charge is -2.25. The Morgan fingerprint density at radius 1 is 1.08 bits per heavy atom. The number of carbonyl (C=O) groups excluding carboxylic acids is 1. The number of hydrogen-bond acceptors (Lipinski definition) is 4. The summed E-state index contributed by atoms with van der Waals surface area (Å²) in [6, 6.07) is 19.8. The molecule has 5 heteroatoms. The van der Waals surface area contributed by atoms with Gasteiger partial charge in [0.15, 0.2) is 5.13 Å². The van der Waals surface area contributed by atoms with E-state index in [1.54, 1.807) is 11.3 Å².